The topological polar surface area (TPSA) is 35.5 Å². The summed E-state index contributed by atoms with van der Waals surface area (Å²) in [6.07, 6.45) is -0.197. The molecule has 0 saturated heterocycles. The zero-order valence-electron chi connectivity index (χ0n) is 20.7. The molecule has 0 N–H and O–H groups in total. The molecule has 3 rings (SSSR count). The fourth-order valence-electron chi connectivity index (χ4n) is 3.98. The molecule has 3 aromatic rings. The fraction of sp³-hybridized carbons (Fsp3) is 0.333. The molecule has 0 spiro atoms. The van der Waals surface area contributed by atoms with E-state index >= 15 is 0 Å². The van der Waals surface area contributed by atoms with Gasteiger partial charge < -0.3 is 13.4 Å². The van der Waals surface area contributed by atoms with Gasteiger partial charge in [0.1, 0.15) is 7.14 Å². The van der Waals surface area contributed by atoms with Crippen molar-refractivity contribution >= 4 is 34.4 Å². The fourth-order valence-corrected chi connectivity index (χ4v) is 9.09. The first-order chi connectivity index (χ1) is 15.5. The average Bonchev–Trinajstić information content (AvgIpc) is 2.77. The third-order valence-electron chi connectivity index (χ3n) is 5.23. The summed E-state index contributed by atoms with van der Waals surface area (Å²) in [4.78, 5) is 0. The second-order valence-corrected chi connectivity index (χ2v) is 22.2. The molecule has 0 aliphatic heterocycles. The third kappa shape index (κ3) is 7.36. The second-order valence-electron chi connectivity index (χ2n) is 10.4. The van der Waals surface area contributed by atoms with Crippen molar-refractivity contribution in [2.45, 2.75) is 51.5 Å². The first-order valence-corrected chi connectivity index (χ1v) is 20.3. The van der Waals surface area contributed by atoms with Crippen molar-refractivity contribution in [2.24, 2.45) is 0 Å². The molecule has 0 unspecified atom stereocenters. The maximum absolute atomic E-state index is 14.9. The SMILES string of the molecule is C[Si](C)(C)O[C@H](c1ccccc1)[C@@H](CP(=O)(c1ccccc1)c1ccccc1)O[Si](C)(C)C. The number of hydrogen-bond acceptors (Lipinski definition) is 3. The summed E-state index contributed by atoms with van der Waals surface area (Å²) < 4.78 is 28.5. The maximum Gasteiger partial charge on any atom is 0.184 e. The summed E-state index contributed by atoms with van der Waals surface area (Å²) in [7, 11) is -6.88. The number of rotatable bonds is 10. The Morgan fingerprint density at radius 3 is 1.42 bits per heavy atom. The predicted molar refractivity (Wildman–Crippen MR) is 146 cm³/mol. The van der Waals surface area contributed by atoms with Gasteiger partial charge in [-0.1, -0.05) is 91.0 Å². The molecule has 3 nitrogen and oxygen atoms in total. The van der Waals surface area contributed by atoms with Crippen LogP contribution in [0.5, 0.6) is 0 Å². The van der Waals surface area contributed by atoms with Crippen LogP contribution in [0, 0.1) is 0 Å². The molecule has 0 aliphatic carbocycles. The van der Waals surface area contributed by atoms with Gasteiger partial charge in [-0.3, -0.25) is 0 Å². The Bertz CT molecular complexity index is 1000. The molecular weight excluding hydrogens is 459 g/mol. The number of hydrogen-bond donors (Lipinski definition) is 0. The van der Waals surface area contributed by atoms with Gasteiger partial charge in [0.05, 0.1) is 12.2 Å². The van der Waals surface area contributed by atoms with Crippen molar-refractivity contribution in [1.82, 2.24) is 0 Å². The molecule has 176 valence electrons. The van der Waals surface area contributed by atoms with Crippen LogP contribution in [-0.4, -0.2) is 28.9 Å². The maximum atomic E-state index is 14.9. The summed E-state index contributed by atoms with van der Waals surface area (Å²) in [6, 6.07) is 30.0. The van der Waals surface area contributed by atoms with Gasteiger partial charge in [-0.05, 0) is 44.8 Å². The van der Waals surface area contributed by atoms with E-state index in [2.05, 4.69) is 51.4 Å². The van der Waals surface area contributed by atoms with Crippen molar-refractivity contribution in [3.05, 3.63) is 96.6 Å². The van der Waals surface area contributed by atoms with Crippen molar-refractivity contribution in [3.63, 3.8) is 0 Å². The molecule has 0 heterocycles. The van der Waals surface area contributed by atoms with Crippen LogP contribution in [0.25, 0.3) is 0 Å². The average molecular weight is 497 g/mol. The quantitative estimate of drug-likeness (QED) is 0.228. The van der Waals surface area contributed by atoms with E-state index in [-0.39, 0.29) is 12.2 Å². The molecule has 0 saturated carbocycles. The first kappa shape index (κ1) is 25.9. The molecular formula is C27H37O3PSi2. The van der Waals surface area contributed by atoms with Gasteiger partial charge >= 0.3 is 0 Å². The molecule has 6 heteroatoms. The van der Waals surface area contributed by atoms with E-state index in [0.29, 0.717) is 6.16 Å². The monoisotopic (exact) mass is 496 g/mol. The summed E-state index contributed by atoms with van der Waals surface area (Å²) in [5.74, 6) is 0. The molecule has 0 aromatic heterocycles. The molecule has 0 amide bonds. The standard InChI is InChI=1S/C27H37O3PSi2/c1-32(2,3)29-26(27(30-33(4,5)6)23-16-10-7-11-17-23)22-31(28,24-18-12-8-13-19-24)25-20-14-9-15-21-25/h7-21,26-27H,22H2,1-6H3/t26-,27-/m1/s1. The summed E-state index contributed by atoms with van der Waals surface area (Å²) in [5.41, 5.74) is 1.08. The van der Waals surface area contributed by atoms with Crippen LogP contribution in [0.1, 0.15) is 11.7 Å². The van der Waals surface area contributed by atoms with E-state index in [1.165, 1.54) is 0 Å². The van der Waals surface area contributed by atoms with Gasteiger partial charge in [0.2, 0.25) is 0 Å². The lowest BCUT2D eigenvalue weighted by atomic mass is 10.1. The van der Waals surface area contributed by atoms with E-state index in [0.717, 1.165) is 16.2 Å². The van der Waals surface area contributed by atoms with Gasteiger partial charge in [-0.2, -0.15) is 0 Å². The van der Waals surface area contributed by atoms with Crippen molar-refractivity contribution < 1.29 is 13.4 Å². The van der Waals surface area contributed by atoms with Gasteiger partial charge in [-0.25, -0.2) is 0 Å². The van der Waals surface area contributed by atoms with Gasteiger partial charge in [-0.15, -0.1) is 0 Å². The molecule has 0 aliphatic rings. The van der Waals surface area contributed by atoms with E-state index in [1.807, 2.05) is 78.9 Å². The van der Waals surface area contributed by atoms with Gasteiger partial charge in [0, 0.05) is 16.8 Å². The highest BCUT2D eigenvalue weighted by Crippen LogP contribution is 2.47. The minimum Gasteiger partial charge on any atom is -0.411 e. The zero-order chi connectivity index (χ0) is 24.1. The van der Waals surface area contributed by atoms with E-state index < -0.39 is 23.8 Å². The van der Waals surface area contributed by atoms with E-state index in [9.17, 15) is 4.57 Å². The Morgan fingerprint density at radius 2 is 1.03 bits per heavy atom. The van der Waals surface area contributed by atoms with Crippen molar-refractivity contribution in [3.8, 4) is 0 Å². The molecule has 3 aromatic carbocycles. The van der Waals surface area contributed by atoms with E-state index in [1.54, 1.807) is 0 Å². The summed E-state index contributed by atoms with van der Waals surface area (Å²) in [5, 5.41) is 1.72. The van der Waals surface area contributed by atoms with Crippen molar-refractivity contribution in [2.75, 3.05) is 6.16 Å². The van der Waals surface area contributed by atoms with E-state index in [4.69, 9.17) is 8.85 Å². The Kier molecular flexibility index (Phi) is 8.36. The van der Waals surface area contributed by atoms with Crippen LogP contribution in [0.2, 0.25) is 39.3 Å². The zero-order valence-corrected chi connectivity index (χ0v) is 23.6. The number of benzene rings is 3. The Hall–Kier alpha value is -1.76. The lowest BCUT2D eigenvalue weighted by molar-refractivity contribution is 0.0569. The minimum atomic E-state index is -2.97. The highest BCUT2D eigenvalue weighted by atomic mass is 31.2. The first-order valence-electron chi connectivity index (χ1n) is 11.6. The minimum absolute atomic E-state index is 0.273. The Morgan fingerprint density at radius 1 is 0.636 bits per heavy atom. The molecule has 2 atom stereocenters. The lowest BCUT2D eigenvalue weighted by Crippen LogP contribution is -2.43. The van der Waals surface area contributed by atoms with Crippen molar-refractivity contribution in [1.29, 1.82) is 0 Å². The highest BCUT2D eigenvalue weighted by Gasteiger charge is 2.39. The highest BCUT2D eigenvalue weighted by molar-refractivity contribution is 7.78. The van der Waals surface area contributed by atoms with Crippen LogP contribution >= 0.6 is 7.14 Å². The summed E-state index contributed by atoms with van der Waals surface area (Å²) in [6.45, 7) is 13.2. The Labute approximate surface area is 201 Å². The lowest BCUT2D eigenvalue weighted by Gasteiger charge is -2.38. The van der Waals surface area contributed by atoms with Gasteiger partial charge in [0.25, 0.3) is 0 Å². The van der Waals surface area contributed by atoms with Gasteiger partial charge in [0.15, 0.2) is 16.6 Å². The largest absolute Gasteiger partial charge is 0.411 e. The van der Waals surface area contributed by atoms with Crippen LogP contribution in [0.15, 0.2) is 91.0 Å². The smallest absolute Gasteiger partial charge is 0.184 e. The molecule has 0 fully saturated rings. The Balaban J connectivity index is 2.14. The molecule has 0 radical (unpaired) electrons. The second kappa shape index (κ2) is 10.7. The molecule has 0 bridgehead atoms. The predicted octanol–water partition coefficient (Wildman–Crippen LogP) is 6.81. The normalized spacial score (nSPS) is 14.6. The third-order valence-corrected chi connectivity index (χ3v) is 10.3. The van der Waals surface area contributed by atoms with Crippen LogP contribution in [0.3, 0.4) is 0 Å². The summed E-state index contributed by atoms with van der Waals surface area (Å²) >= 11 is 0. The molecule has 33 heavy (non-hydrogen) atoms. The van der Waals surface area contributed by atoms with Crippen LogP contribution in [0.4, 0.5) is 0 Å². The van der Waals surface area contributed by atoms with Crippen LogP contribution in [-0.2, 0) is 13.4 Å². The van der Waals surface area contributed by atoms with Crippen LogP contribution < -0.4 is 10.6 Å².